The van der Waals surface area contributed by atoms with E-state index in [-0.39, 0.29) is 12.5 Å². The maximum Gasteiger partial charge on any atom is 0.235 e. The number of nitrogens with zero attached hydrogens (tertiary/aromatic N) is 3. The van der Waals surface area contributed by atoms with Crippen molar-refractivity contribution in [3.63, 3.8) is 0 Å². The average molecular weight is 322 g/mol. The molecule has 1 atom stereocenters. The fourth-order valence-corrected chi connectivity index (χ4v) is 3.50. The Kier molecular flexibility index (Phi) is 6.40. The summed E-state index contributed by atoms with van der Waals surface area (Å²) in [7, 11) is 1.97. The lowest BCUT2D eigenvalue weighted by atomic mass is 9.96. The predicted molar refractivity (Wildman–Crippen MR) is 88.6 cm³/mol. The fourth-order valence-electron chi connectivity index (χ4n) is 3.50. The van der Waals surface area contributed by atoms with Crippen molar-refractivity contribution in [3.8, 4) is 6.07 Å². The first-order valence-electron chi connectivity index (χ1n) is 8.71. The number of nitrogens with one attached hydrogen (secondary N) is 1. The zero-order chi connectivity index (χ0) is 16.9. The molecule has 2 rings (SSSR count). The molecule has 1 saturated carbocycles. The lowest BCUT2D eigenvalue weighted by Crippen LogP contribution is -2.50. The van der Waals surface area contributed by atoms with Gasteiger partial charge >= 0.3 is 0 Å². The Morgan fingerprint density at radius 2 is 2.04 bits per heavy atom. The van der Waals surface area contributed by atoms with Crippen molar-refractivity contribution in [1.29, 1.82) is 5.26 Å². The molecule has 1 heterocycles. The number of rotatable bonds is 8. The highest BCUT2D eigenvalue weighted by atomic mass is 16.3. The van der Waals surface area contributed by atoms with E-state index in [1.54, 1.807) is 0 Å². The summed E-state index contributed by atoms with van der Waals surface area (Å²) in [5.74, 6) is 0.868. The summed E-state index contributed by atoms with van der Waals surface area (Å²) in [5.41, 5.74) is -0.701. The van der Waals surface area contributed by atoms with Crippen LogP contribution in [-0.2, 0) is 4.79 Å². The summed E-state index contributed by atoms with van der Waals surface area (Å²) >= 11 is 0. The largest absolute Gasteiger partial charge is 0.395 e. The van der Waals surface area contributed by atoms with Crippen molar-refractivity contribution < 1.29 is 9.90 Å². The summed E-state index contributed by atoms with van der Waals surface area (Å²) in [5, 5.41) is 21.2. The van der Waals surface area contributed by atoms with E-state index in [1.165, 1.54) is 0 Å². The smallest absolute Gasteiger partial charge is 0.235 e. The zero-order valence-electron chi connectivity index (χ0n) is 14.4. The third kappa shape index (κ3) is 5.45. The van der Waals surface area contributed by atoms with Crippen molar-refractivity contribution in [2.45, 2.75) is 38.1 Å². The Labute approximate surface area is 139 Å². The van der Waals surface area contributed by atoms with Crippen molar-refractivity contribution in [2.75, 3.05) is 46.4 Å². The van der Waals surface area contributed by atoms with Gasteiger partial charge in [-0.05, 0) is 64.6 Å². The Morgan fingerprint density at radius 1 is 1.39 bits per heavy atom. The molecule has 0 aromatic heterocycles. The van der Waals surface area contributed by atoms with E-state index >= 15 is 0 Å². The molecule has 2 aliphatic rings. The molecule has 1 aliphatic carbocycles. The minimum Gasteiger partial charge on any atom is -0.395 e. The predicted octanol–water partition coefficient (Wildman–Crippen LogP) is 0.431. The van der Waals surface area contributed by atoms with E-state index in [0.717, 1.165) is 51.9 Å². The number of carbonyl (C=O) groups is 1. The molecule has 2 N–H and O–H groups in total. The minimum absolute atomic E-state index is 0.0545. The maximum atomic E-state index is 12.2. The number of aliphatic hydroxyl groups excluding tert-OH is 1. The summed E-state index contributed by atoms with van der Waals surface area (Å²) in [4.78, 5) is 16.6. The van der Waals surface area contributed by atoms with Gasteiger partial charge in [-0.25, -0.2) is 0 Å². The van der Waals surface area contributed by atoms with Crippen LogP contribution in [0.15, 0.2) is 0 Å². The van der Waals surface area contributed by atoms with Crippen LogP contribution in [0.3, 0.4) is 0 Å². The lowest BCUT2D eigenvalue weighted by Gasteiger charge is -2.33. The van der Waals surface area contributed by atoms with Crippen molar-refractivity contribution in [1.82, 2.24) is 15.1 Å². The van der Waals surface area contributed by atoms with E-state index in [9.17, 15) is 10.1 Å². The highest BCUT2D eigenvalue weighted by Crippen LogP contribution is 2.39. The van der Waals surface area contributed by atoms with Crippen LogP contribution in [0, 0.1) is 23.2 Å². The van der Waals surface area contributed by atoms with Gasteiger partial charge in [-0.15, -0.1) is 0 Å². The maximum absolute atomic E-state index is 12.2. The normalized spacial score (nSPS) is 22.6. The van der Waals surface area contributed by atoms with Gasteiger partial charge in [-0.2, -0.15) is 5.26 Å². The number of likely N-dealkylation sites (tertiary alicyclic amines) is 1. The first-order valence-corrected chi connectivity index (χ1v) is 8.71. The molecule has 0 aromatic rings. The number of amides is 1. The van der Waals surface area contributed by atoms with Gasteiger partial charge < -0.3 is 15.3 Å². The van der Waals surface area contributed by atoms with Crippen LogP contribution in [0.1, 0.15) is 32.6 Å². The molecular weight excluding hydrogens is 292 g/mol. The number of hydrogen-bond donors (Lipinski definition) is 2. The molecule has 0 spiro atoms. The quantitative estimate of drug-likeness (QED) is 0.677. The third-order valence-corrected chi connectivity index (χ3v) is 5.13. The van der Waals surface area contributed by atoms with E-state index in [0.29, 0.717) is 18.4 Å². The molecule has 1 saturated heterocycles. The molecule has 130 valence electrons. The topological polar surface area (TPSA) is 79.6 Å². The fraction of sp³-hybridized carbons (Fsp3) is 0.882. The Bertz CT molecular complexity index is 438. The van der Waals surface area contributed by atoms with Crippen LogP contribution in [-0.4, -0.2) is 72.7 Å². The number of β-amino-alcohol motifs (C(OH)–C–C–N with tert-alkyl or cyclic N) is 1. The van der Waals surface area contributed by atoms with E-state index in [2.05, 4.69) is 21.2 Å². The van der Waals surface area contributed by atoms with Gasteiger partial charge in [0.05, 0.1) is 19.2 Å². The minimum atomic E-state index is -0.701. The SMILES string of the molecule is CN(CC(=O)NC(C)(C#N)C1CC1)CC1CCN(CCO)CC1. The first kappa shape index (κ1) is 18.2. The Morgan fingerprint density at radius 3 is 2.57 bits per heavy atom. The van der Waals surface area contributed by atoms with Gasteiger partial charge in [0.25, 0.3) is 0 Å². The van der Waals surface area contributed by atoms with Gasteiger partial charge in [-0.3, -0.25) is 9.69 Å². The van der Waals surface area contributed by atoms with Crippen molar-refractivity contribution in [2.24, 2.45) is 11.8 Å². The van der Waals surface area contributed by atoms with Crippen molar-refractivity contribution in [3.05, 3.63) is 0 Å². The number of piperidine rings is 1. The number of aliphatic hydroxyl groups is 1. The summed E-state index contributed by atoms with van der Waals surface area (Å²) in [6.07, 6.45) is 4.30. The molecule has 1 unspecified atom stereocenters. The number of nitriles is 1. The molecule has 0 aromatic carbocycles. The Hall–Kier alpha value is -1.16. The molecule has 0 bridgehead atoms. The van der Waals surface area contributed by atoms with Crippen LogP contribution < -0.4 is 5.32 Å². The Balaban J connectivity index is 1.69. The summed E-state index contributed by atoms with van der Waals surface area (Å²) in [6.45, 7) is 6.13. The van der Waals surface area contributed by atoms with Gasteiger partial charge in [0.15, 0.2) is 0 Å². The van der Waals surface area contributed by atoms with Gasteiger partial charge in [0, 0.05) is 13.1 Å². The second-order valence-electron chi connectivity index (χ2n) is 7.34. The molecule has 0 radical (unpaired) electrons. The van der Waals surface area contributed by atoms with Gasteiger partial charge in [-0.1, -0.05) is 0 Å². The lowest BCUT2D eigenvalue weighted by molar-refractivity contribution is -0.123. The molecule has 23 heavy (non-hydrogen) atoms. The summed E-state index contributed by atoms with van der Waals surface area (Å²) in [6, 6.07) is 2.27. The average Bonchev–Trinajstić information content (AvgIpc) is 3.34. The number of carbonyl (C=O) groups excluding carboxylic acids is 1. The van der Waals surface area contributed by atoms with Crippen molar-refractivity contribution >= 4 is 5.91 Å². The molecular formula is C17H30N4O2. The second kappa shape index (κ2) is 8.09. The van der Waals surface area contributed by atoms with E-state index in [1.807, 2.05) is 14.0 Å². The highest BCUT2D eigenvalue weighted by Gasteiger charge is 2.43. The van der Waals surface area contributed by atoms with Crippen LogP contribution in [0.25, 0.3) is 0 Å². The van der Waals surface area contributed by atoms with E-state index in [4.69, 9.17) is 5.11 Å². The van der Waals surface area contributed by atoms with Crippen LogP contribution in [0.2, 0.25) is 0 Å². The monoisotopic (exact) mass is 322 g/mol. The highest BCUT2D eigenvalue weighted by molar-refractivity contribution is 5.79. The van der Waals surface area contributed by atoms with E-state index < -0.39 is 5.54 Å². The van der Waals surface area contributed by atoms with Gasteiger partial charge in [0.2, 0.25) is 5.91 Å². The van der Waals surface area contributed by atoms with Crippen LogP contribution in [0.4, 0.5) is 0 Å². The molecule has 2 fully saturated rings. The molecule has 6 nitrogen and oxygen atoms in total. The van der Waals surface area contributed by atoms with Crippen LogP contribution in [0.5, 0.6) is 0 Å². The van der Waals surface area contributed by atoms with Gasteiger partial charge in [0.1, 0.15) is 5.54 Å². The number of hydrogen-bond acceptors (Lipinski definition) is 5. The molecule has 1 aliphatic heterocycles. The second-order valence-corrected chi connectivity index (χ2v) is 7.34. The zero-order valence-corrected chi connectivity index (χ0v) is 14.4. The summed E-state index contributed by atoms with van der Waals surface area (Å²) < 4.78 is 0. The number of likely N-dealkylation sites (N-methyl/N-ethyl adjacent to an activating group) is 1. The molecule has 1 amide bonds. The standard InChI is InChI=1S/C17H30N4O2/c1-17(13-18,15-3-4-15)19-16(23)12-20(2)11-14-5-7-21(8-6-14)9-10-22/h14-15,22H,3-12H2,1-2H3,(H,19,23). The first-order chi connectivity index (χ1) is 11.0. The van der Waals surface area contributed by atoms with Crippen LogP contribution >= 0.6 is 0 Å². The molecule has 6 heteroatoms. The third-order valence-electron chi connectivity index (χ3n) is 5.13.